The van der Waals surface area contributed by atoms with Crippen molar-refractivity contribution in [1.82, 2.24) is 4.57 Å². The Morgan fingerprint density at radius 3 is 2.61 bits per heavy atom. The molecule has 0 atom stereocenters. The molecule has 1 aromatic carbocycles. The van der Waals surface area contributed by atoms with Gasteiger partial charge < -0.3 is 0 Å². The van der Waals surface area contributed by atoms with Gasteiger partial charge in [-0.2, -0.15) is 18.4 Å². The number of halogens is 3. The summed E-state index contributed by atoms with van der Waals surface area (Å²) >= 11 is 0. The lowest BCUT2D eigenvalue weighted by Crippen LogP contribution is -2.28. The van der Waals surface area contributed by atoms with Crippen LogP contribution >= 0.6 is 0 Å². The van der Waals surface area contributed by atoms with Gasteiger partial charge >= 0.3 is 12.1 Å². The monoisotopic (exact) mass is 252 g/mol. The summed E-state index contributed by atoms with van der Waals surface area (Å²) in [4.78, 5) is 11.3. The van der Waals surface area contributed by atoms with E-state index in [1.807, 2.05) is 6.07 Å². The molecule has 92 valence electrons. The zero-order valence-corrected chi connectivity index (χ0v) is 9.03. The molecule has 0 aliphatic carbocycles. The summed E-state index contributed by atoms with van der Waals surface area (Å²) in [6.07, 6.45) is -3.91. The lowest BCUT2D eigenvalue weighted by molar-refractivity contribution is -0.0943. The first-order valence-electron chi connectivity index (χ1n) is 5.02. The third kappa shape index (κ3) is 1.95. The molecule has 1 heterocycles. The molecule has 0 unspecified atom stereocenters. The highest BCUT2D eigenvalue weighted by atomic mass is 19.4. The molecule has 0 radical (unpaired) electrons. The van der Waals surface area contributed by atoms with Crippen molar-refractivity contribution < 1.29 is 18.0 Å². The number of alkyl halides is 3. The molecule has 0 bridgehead atoms. The molecule has 6 heteroatoms. The number of carbonyl (C=O) groups is 1. The van der Waals surface area contributed by atoms with Crippen LogP contribution in [-0.2, 0) is 6.42 Å². The maximum Gasteiger partial charge on any atom is 0.472 e. The molecule has 1 aromatic heterocycles. The van der Waals surface area contributed by atoms with Crippen molar-refractivity contribution in [2.75, 3.05) is 0 Å². The van der Waals surface area contributed by atoms with Crippen LogP contribution in [0.25, 0.3) is 10.9 Å². The SMILES string of the molecule is N#CCc1cn(C(=O)C(F)(F)F)c2ccccc12. The van der Waals surface area contributed by atoms with Crippen molar-refractivity contribution in [3.63, 3.8) is 0 Å². The Hall–Kier alpha value is -2.29. The Morgan fingerprint density at radius 1 is 1.33 bits per heavy atom. The second kappa shape index (κ2) is 4.18. The van der Waals surface area contributed by atoms with E-state index < -0.39 is 12.1 Å². The molecule has 2 aromatic rings. The Kier molecular flexibility index (Phi) is 2.83. The van der Waals surface area contributed by atoms with E-state index in [0.717, 1.165) is 6.20 Å². The number of rotatable bonds is 1. The van der Waals surface area contributed by atoms with Crippen LogP contribution in [0.1, 0.15) is 10.4 Å². The van der Waals surface area contributed by atoms with Gasteiger partial charge in [-0.05, 0) is 11.6 Å². The Bertz CT molecular complexity index is 649. The first-order chi connectivity index (χ1) is 8.45. The number of nitriles is 1. The van der Waals surface area contributed by atoms with Gasteiger partial charge in [-0.25, -0.2) is 0 Å². The normalized spacial score (nSPS) is 11.4. The fourth-order valence-electron chi connectivity index (χ4n) is 1.78. The number of benzene rings is 1. The molecule has 0 amide bonds. The Morgan fingerprint density at radius 2 is 2.00 bits per heavy atom. The molecule has 18 heavy (non-hydrogen) atoms. The van der Waals surface area contributed by atoms with Crippen molar-refractivity contribution in [1.29, 1.82) is 5.26 Å². The fraction of sp³-hybridized carbons (Fsp3) is 0.167. The van der Waals surface area contributed by atoms with Crippen LogP contribution in [0.2, 0.25) is 0 Å². The third-order valence-corrected chi connectivity index (χ3v) is 2.53. The number of carbonyl (C=O) groups excluding carboxylic acids is 1. The molecule has 0 aliphatic heterocycles. The Balaban J connectivity index is 2.66. The number of hydrogen-bond donors (Lipinski definition) is 0. The first kappa shape index (κ1) is 12.2. The van der Waals surface area contributed by atoms with Gasteiger partial charge in [-0.15, -0.1) is 0 Å². The molecule has 0 aliphatic rings. The zero-order valence-electron chi connectivity index (χ0n) is 9.03. The minimum absolute atomic E-state index is 0.0430. The van der Waals surface area contributed by atoms with E-state index in [1.54, 1.807) is 18.2 Å². The lowest BCUT2D eigenvalue weighted by Gasteiger charge is -2.06. The fourth-order valence-corrected chi connectivity index (χ4v) is 1.78. The average molecular weight is 252 g/mol. The molecule has 0 fully saturated rings. The summed E-state index contributed by atoms with van der Waals surface area (Å²) < 4.78 is 37.8. The molecule has 0 saturated heterocycles. The van der Waals surface area contributed by atoms with Gasteiger partial charge in [0, 0.05) is 11.6 Å². The van der Waals surface area contributed by atoms with Crippen LogP contribution < -0.4 is 0 Å². The summed E-state index contributed by atoms with van der Waals surface area (Å²) in [5.74, 6) is -1.96. The molecule has 0 saturated carbocycles. The summed E-state index contributed by atoms with van der Waals surface area (Å²) in [5, 5.41) is 9.10. The van der Waals surface area contributed by atoms with Gasteiger partial charge in [0.15, 0.2) is 0 Å². The van der Waals surface area contributed by atoms with Gasteiger partial charge in [-0.1, -0.05) is 18.2 Å². The topological polar surface area (TPSA) is 45.8 Å². The number of aromatic nitrogens is 1. The largest absolute Gasteiger partial charge is 0.472 e. The lowest BCUT2D eigenvalue weighted by atomic mass is 10.1. The number of nitrogens with zero attached hydrogens (tertiary/aromatic N) is 2. The van der Waals surface area contributed by atoms with Crippen molar-refractivity contribution in [2.24, 2.45) is 0 Å². The predicted octanol–water partition coefficient (Wildman–Crippen LogP) is 2.91. The van der Waals surface area contributed by atoms with E-state index >= 15 is 0 Å². The summed E-state index contributed by atoms with van der Waals surface area (Å²) in [7, 11) is 0. The second-order valence-electron chi connectivity index (χ2n) is 3.68. The highest BCUT2D eigenvalue weighted by Crippen LogP contribution is 2.26. The summed E-state index contributed by atoms with van der Waals surface area (Å²) in [6, 6.07) is 8.05. The first-order valence-corrected chi connectivity index (χ1v) is 5.02. The van der Waals surface area contributed by atoms with Gasteiger partial charge in [0.1, 0.15) is 0 Å². The standard InChI is InChI=1S/C12H7F3N2O/c13-12(14,15)11(18)17-7-8(5-6-16)9-3-1-2-4-10(9)17/h1-4,7H,5H2. The maximum absolute atomic E-state index is 12.4. The number of hydrogen-bond acceptors (Lipinski definition) is 2. The second-order valence-corrected chi connectivity index (χ2v) is 3.68. The van der Waals surface area contributed by atoms with Gasteiger partial charge in [-0.3, -0.25) is 9.36 Å². The summed E-state index contributed by atoms with van der Waals surface area (Å²) in [5.41, 5.74) is 0.566. The highest BCUT2D eigenvalue weighted by Gasteiger charge is 2.40. The average Bonchev–Trinajstić information content (AvgIpc) is 2.67. The van der Waals surface area contributed by atoms with E-state index in [9.17, 15) is 18.0 Å². The van der Waals surface area contributed by atoms with Gasteiger partial charge in [0.05, 0.1) is 18.0 Å². The minimum atomic E-state index is -4.94. The van der Waals surface area contributed by atoms with E-state index in [-0.39, 0.29) is 11.9 Å². The van der Waals surface area contributed by atoms with E-state index in [0.29, 0.717) is 15.5 Å². The van der Waals surface area contributed by atoms with Crippen LogP contribution in [0, 0.1) is 11.3 Å². The molecule has 2 rings (SSSR count). The number of para-hydroxylation sites is 1. The zero-order chi connectivity index (χ0) is 13.3. The van der Waals surface area contributed by atoms with Gasteiger partial charge in [0.25, 0.3) is 0 Å². The van der Waals surface area contributed by atoms with Crippen molar-refractivity contribution in [3.8, 4) is 6.07 Å². The van der Waals surface area contributed by atoms with Crippen LogP contribution in [0.3, 0.4) is 0 Å². The molecule has 3 nitrogen and oxygen atoms in total. The van der Waals surface area contributed by atoms with Crippen molar-refractivity contribution >= 4 is 16.8 Å². The van der Waals surface area contributed by atoms with Crippen molar-refractivity contribution in [3.05, 3.63) is 36.0 Å². The third-order valence-electron chi connectivity index (χ3n) is 2.53. The van der Waals surface area contributed by atoms with Crippen LogP contribution in [-0.4, -0.2) is 16.7 Å². The minimum Gasteiger partial charge on any atom is -0.279 e. The molecular formula is C12H7F3N2O. The van der Waals surface area contributed by atoms with Crippen LogP contribution in [0.5, 0.6) is 0 Å². The summed E-state index contributed by atoms with van der Waals surface area (Å²) in [6.45, 7) is 0. The van der Waals surface area contributed by atoms with E-state index in [2.05, 4.69) is 0 Å². The Labute approximate surface area is 100 Å². The van der Waals surface area contributed by atoms with Crippen LogP contribution in [0.4, 0.5) is 13.2 Å². The molecule has 0 spiro atoms. The van der Waals surface area contributed by atoms with Crippen LogP contribution in [0.15, 0.2) is 30.5 Å². The van der Waals surface area contributed by atoms with E-state index in [1.165, 1.54) is 6.07 Å². The molecular weight excluding hydrogens is 245 g/mol. The quantitative estimate of drug-likeness (QED) is 0.783. The smallest absolute Gasteiger partial charge is 0.279 e. The highest BCUT2D eigenvalue weighted by molar-refractivity contribution is 5.96. The predicted molar refractivity (Wildman–Crippen MR) is 57.9 cm³/mol. The van der Waals surface area contributed by atoms with Crippen molar-refractivity contribution in [2.45, 2.75) is 12.6 Å². The number of fused-ring (bicyclic) bond motifs is 1. The molecule has 0 N–H and O–H groups in total. The van der Waals surface area contributed by atoms with Gasteiger partial charge in [0.2, 0.25) is 0 Å². The van der Waals surface area contributed by atoms with E-state index in [4.69, 9.17) is 5.26 Å². The maximum atomic E-state index is 12.4.